The summed E-state index contributed by atoms with van der Waals surface area (Å²) in [7, 11) is 0. The van der Waals surface area contributed by atoms with Crippen molar-refractivity contribution in [3.05, 3.63) is 26.7 Å². The quantitative estimate of drug-likeness (QED) is 0.291. The molecule has 27 heavy (non-hydrogen) atoms. The van der Waals surface area contributed by atoms with Gasteiger partial charge in [-0.1, -0.05) is 34.8 Å². The van der Waals surface area contributed by atoms with Crippen LogP contribution in [-0.4, -0.2) is 29.6 Å². The van der Waals surface area contributed by atoms with Gasteiger partial charge in [-0.2, -0.15) is 0 Å². The molecular weight excluding hydrogens is 419 g/mol. The SMILES string of the molecule is O=C(O)C(=O)Oc1c(Cl)cc(Cl)c(Cl)c1C(=O)OCCC(C1CC1)C1CC1. The smallest absolute Gasteiger partial charge is 0.422 e. The molecule has 0 bridgehead atoms. The first kappa shape index (κ1) is 20.2. The fraction of sp³-hybridized carbons (Fsp3) is 0.500. The van der Waals surface area contributed by atoms with Crippen LogP contribution in [0.3, 0.4) is 0 Å². The lowest BCUT2D eigenvalue weighted by Crippen LogP contribution is -2.21. The Kier molecular flexibility index (Phi) is 6.18. The van der Waals surface area contributed by atoms with Gasteiger partial charge in [0.25, 0.3) is 0 Å². The molecule has 0 spiro atoms. The van der Waals surface area contributed by atoms with Crippen molar-refractivity contribution in [2.75, 3.05) is 6.61 Å². The van der Waals surface area contributed by atoms with Crippen LogP contribution in [0, 0.1) is 17.8 Å². The highest BCUT2D eigenvalue weighted by Crippen LogP contribution is 2.50. The summed E-state index contributed by atoms with van der Waals surface area (Å²) in [6.45, 7) is 0.184. The number of carbonyl (C=O) groups is 3. The second kappa shape index (κ2) is 8.25. The Morgan fingerprint density at radius 3 is 2.19 bits per heavy atom. The van der Waals surface area contributed by atoms with Crippen molar-refractivity contribution in [3.8, 4) is 5.75 Å². The zero-order valence-corrected chi connectivity index (χ0v) is 16.4. The summed E-state index contributed by atoms with van der Waals surface area (Å²) < 4.78 is 10.0. The molecular formula is C18H17Cl3O6. The Bertz CT molecular complexity index is 774. The molecule has 0 amide bonds. The molecule has 0 atom stereocenters. The summed E-state index contributed by atoms with van der Waals surface area (Å²) in [6.07, 6.45) is 5.64. The summed E-state index contributed by atoms with van der Waals surface area (Å²) in [5, 5.41) is 8.22. The van der Waals surface area contributed by atoms with Gasteiger partial charge in [0.15, 0.2) is 5.75 Å². The molecule has 0 radical (unpaired) electrons. The van der Waals surface area contributed by atoms with Crippen molar-refractivity contribution in [3.63, 3.8) is 0 Å². The number of carboxylic acid groups (broad SMARTS) is 1. The Morgan fingerprint density at radius 1 is 1.07 bits per heavy atom. The fourth-order valence-electron chi connectivity index (χ4n) is 3.26. The lowest BCUT2D eigenvalue weighted by molar-refractivity contribution is -0.158. The molecule has 1 N–H and O–H groups in total. The maximum atomic E-state index is 12.5. The van der Waals surface area contributed by atoms with Crippen molar-refractivity contribution in [2.45, 2.75) is 32.1 Å². The number of halogens is 3. The van der Waals surface area contributed by atoms with E-state index in [-0.39, 0.29) is 27.2 Å². The first-order chi connectivity index (χ1) is 12.8. The molecule has 6 nitrogen and oxygen atoms in total. The Morgan fingerprint density at radius 2 is 1.67 bits per heavy atom. The van der Waals surface area contributed by atoms with E-state index >= 15 is 0 Å². The molecule has 0 unspecified atom stereocenters. The minimum absolute atomic E-state index is 0.0439. The number of esters is 2. The van der Waals surface area contributed by atoms with Crippen molar-refractivity contribution in [1.82, 2.24) is 0 Å². The van der Waals surface area contributed by atoms with Gasteiger partial charge in [0, 0.05) is 0 Å². The number of hydrogen-bond acceptors (Lipinski definition) is 5. The summed E-state index contributed by atoms with van der Waals surface area (Å²) in [5.41, 5.74) is -0.363. The van der Waals surface area contributed by atoms with E-state index in [1.807, 2.05) is 0 Å². The average Bonchev–Trinajstić information content (AvgIpc) is 3.49. The minimum atomic E-state index is -1.84. The molecule has 0 aromatic heterocycles. The number of aliphatic carboxylic acids is 1. The number of ether oxygens (including phenoxy) is 2. The van der Waals surface area contributed by atoms with Crippen LogP contribution in [0.2, 0.25) is 15.1 Å². The first-order valence-electron chi connectivity index (χ1n) is 8.59. The van der Waals surface area contributed by atoms with Crippen molar-refractivity contribution >= 4 is 52.7 Å². The summed E-state index contributed by atoms with van der Waals surface area (Å²) >= 11 is 18.0. The molecule has 1 aromatic carbocycles. The number of benzene rings is 1. The highest BCUT2D eigenvalue weighted by Gasteiger charge is 2.41. The van der Waals surface area contributed by atoms with Crippen LogP contribution in [0.1, 0.15) is 42.5 Å². The molecule has 0 aliphatic heterocycles. The topological polar surface area (TPSA) is 89.9 Å². The zero-order chi connectivity index (χ0) is 19.7. The molecule has 2 saturated carbocycles. The van der Waals surface area contributed by atoms with E-state index in [1.54, 1.807) is 0 Å². The van der Waals surface area contributed by atoms with Gasteiger partial charge in [-0.15, -0.1) is 0 Å². The van der Waals surface area contributed by atoms with Gasteiger partial charge in [0.1, 0.15) is 5.56 Å². The molecule has 2 aliphatic carbocycles. The van der Waals surface area contributed by atoms with E-state index in [2.05, 4.69) is 0 Å². The standard InChI is InChI=1S/C18H17Cl3O6/c19-11-7-12(20)15(27-18(25)16(22)23)13(14(11)21)17(24)26-6-5-10(8-1-2-8)9-3-4-9/h7-10H,1-6H2,(H,22,23). The number of carboxylic acids is 1. The van der Waals surface area contributed by atoms with Gasteiger partial charge in [0.2, 0.25) is 0 Å². The molecule has 3 rings (SSSR count). The molecule has 2 aliphatic rings. The molecule has 2 fully saturated rings. The van der Waals surface area contributed by atoms with E-state index < -0.39 is 23.7 Å². The van der Waals surface area contributed by atoms with Crippen LogP contribution in [0.5, 0.6) is 5.75 Å². The van der Waals surface area contributed by atoms with Gasteiger partial charge in [0.05, 0.1) is 21.7 Å². The summed E-state index contributed by atoms with van der Waals surface area (Å²) in [6, 6.07) is 1.16. The van der Waals surface area contributed by atoms with Crippen LogP contribution in [-0.2, 0) is 14.3 Å². The second-order valence-electron chi connectivity index (χ2n) is 6.82. The van der Waals surface area contributed by atoms with Gasteiger partial charge in [-0.25, -0.2) is 14.4 Å². The second-order valence-corrected chi connectivity index (χ2v) is 8.01. The maximum Gasteiger partial charge on any atom is 0.422 e. The Hall–Kier alpha value is -1.50. The van der Waals surface area contributed by atoms with Crippen LogP contribution >= 0.6 is 34.8 Å². The van der Waals surface area contributed by atoms with E-state index in [4.69, 9.17) is 49.4 Å². The summed E-state index contributed by atoms with van der Waals surface area (Å²) in [4.78, 5) is 34.7. The third-order valence-electron chi connectivity index (χ3n) is 4.84. The van der Waals surface area contributed by atoms with Crippen LogP contribution in [0.4, 0.5) is 0 Å². The lowest BCUT2D eigenvalue weighted by atomic mass is 9.95. The van der Waals surface area contributed by atoms with Crippen LogP contribution in [0.25, 0.3) is 0 Å². The Balaban J connectivity index is 1.73. The van der Waals surface area contributed by atoms with Gasteiger partial charge in [-0.3, -0.25) is 0 Å². The fourth-order valence-corrected chi connectivity index (χ4v) is 3.98. The normalized spacial score (nSPS) is 16.3. The number of hydrogen-bond donors (Lipinski definition) is 1. The predicted octanol–water partition coefficient (Wildman–Crippen LogP) is 4.62. The van der Waals surface area contributed by atoms with E-state index in [1.165, 1.54) is 25.7 Å². The van der Waals surface area contributed by atoms with Crippen molar-refractivity contribution in [1.29, 1.82) is 0 Å². The highest BCUT2D eigenvalue weighted by atomic mass is 35.5. The zero-order valence-electron chi connectivity index (χ0n) is 14.2. The van der Waals surface area contributed by atoms with Gasteiger partial charge >= 0.3 is 17.9 Å². The molecule has 1 aromatic rings. The summed E-state index contributed by atoms with van der Waals surface area (Å²) in [5.74, 6) is -2.81. The maximum absolute atomic E-state index is 12.5. The third-order valence-corrected chi connectivity index (χ3v) is 5.91. The van der Waals surface area contributed by atoms with Gasteiger partial charge < -0.3 is 14.6 Å². The van der Waals surface area contributed by atoms with Crippen molar-refractivity contribution < 1.29 is 29.0 Å². The minimum Gasteiger partial charge on any atom is -0.473 e. The van der Waals surface area contributed by atoms with E-state index in [0.717, 1.165) is 12.5 Å². The van der Waals surface area contributed by atoms with Crippen molar-refractivity contribution in [2.24, 2.45) is 17.8 Å². The van der Waals surface area contributed by atoms with E-state index in [0.29, 0.717) is 17.8 Å². The Labute approximate surface area is 170 Å². The third kappa shape index (κ3) is 4.86. The van der Waals surface area contributed by atoms with E-state index in [9.17, 15) is 14.4 Å². The first-order valence-corrected chi connectivity index (χ1v) is 9.72. The molecule has 0 saturated heterocycles. The predicted molar refractivity (Wildman–Crippen MR) is 98.6 cm³/mol. The monoisotopic (exact) mass is 434 g/mol. The van der Waals surface area contributed by atoms with Crippen LogP contribution < -0.4 is 4.74 Å². The highest BCUT2D eigenvalue weighted by molar-refractivity contribution is 6.46. The number of rotatable bonds is 7. The number of carbonyl (C=O) groups excluding carboxylic acids is 2. The molecule has 0 heterocycles. The largest absolute Gasteiger partial charge is 0.473 e. The van der Waals surface area contributed by atoms with Gasteiger partial charge in [-0.05, 0) is 55.9 Å². The lowest BCUT2D eigenvalue weighted by Gasteiger charge is -2.16. The molecule has 9 heteroatoms. The van der Waals surface area contributed by atoms with Crippen LogP contribution in [0.15, 0.2) is 6.07 Å². The molecule has 146 valence electrons. The average molecular weight is 436 g/mol.